The second-order valence-corrected chi connectivity index (χ2v) is 7.79. The number of rotatable bonds is 6. The first-order valence-corrected chi connectivity index (χ1v) is 10.2. The number of hydrogen-bond acceptors (Lipinski definition) is 4. The second-order valence-electron chi connectivity index (χ2n) is 7.79. The molecule has 150 valence electrons. The molecule has 2 N–H and O–H groups in total. The van der Waals surface area contributed by atoms with Crippen molar-refractivity contribution >= 4 is 22.8 Å². The first-order chi connectivity index (χ1) is 13.7. The molecule has 0 spiro atoms. The zero-order valence-corrected chi connectivity index (χ0v) is 16.3. The Bertz CT molecular complexity index is 862. The number of carbonyl (C=O) groups excluding carboxylic acids is 2. The third-order valence-corrected chi connectivity index (χ3v) is 6.18. The van der Waals surface area contributed by atoms with Crippen molar-refractivity contribution in [2.75, 3.05) is 20.3 Å². The maximum absolute atomic E-state index is 12.9. The monoisotopic (exact) mass is 384 g/mol. The van der Waals surface area contributed by atoms with Gasteiger partial charge < -0.3 is 19.9 Å². The fraction of sp³-hybridized carbons (Fsp3) is 0.571. The van der Waals surface area contributed by atoms with E-state index in [0.717, 1.165) is 42.5 Å². The first-order valence-electron chi connectivity index (χ1n) is 10.2. The highest BCUT2D eigenvalue weighted by molar-refractivity contribution is 5.86. The van der Waals surface area contributed by atoms with Crippen LogP contribution in [0.15, 0.2) is 24.3 Å². The van der Waals surface area contributed by atoms with E-state index in [1.54, 1.807) is 7.11 Å². The number of hydrogen-bond donors (Lipinski definition) is 2. The number of para-hydroxylation sites is 2. The number of carbonyl (C=O) groups is 2. The number of ether oxygens (including phenoxy) is 1. The molecule has 2 aromatic rings. The van der Waals surface area contributed by atoms with E-state index in [1.807, 2.05) is 24.3 Å². The molecule has 4 rings (SSSR count). The lowest BCUT2D eigenvalue weighted by Gasteiger charge is -2.39. The van der Waals surface area contributed by atoms with Crippen molar-refractivity contribution in [1.29, 1.82) is 0 Å². The molecule has 2 aliphatic rings. The molecule has 0 radical (unpaired) electrons. The van der Waals surface area contributed by atoms with E-state index in [2.05, 4.69) is 15.2 Å². The van der Waals surface area contributed by atoms with Crippen molar-refractivity contribution in [2.45, 2.75) is 38.8 Å². The van der Waals surface area contributed by atoms with Crippen LogP contribution in [0.1, 0.15) is 31.5 Å². The number of piperidine rings is 1. The van der Waals surface area contributed by atoms with E-state index in [1.165, 1.54) is 0 Å². The zero-order valence-electron chi connectivity index (χ0n) is 16.3. The second kappa shape index (κ2) is 8.31. The van der Waals surface area contributed by atoms with Gasteiger partial charge in [0.05, 0.1) is 30.1 Å². The lowest BCUT2D eigenvalue weighted by molar-refractivity contribution is -0.138. The number of fused-ring (bicyclic) bond motifs is 2. The van der Waals surface area contributed by atoms with Crippen LogP contribution in [0.2, 0.25) is 0 Å². The van der Waals surface area contributed by atoms with E-state index in [4.69, 9.17) is 9.72 Å². The summed E-state index contributed by atoms with van der Waals surface area (Å²) in [6.07, 6.45) is 4.03. The normalized spacial score (nSPS) is 24.6. The van der Waals surface area contributed by atoms with Crippen LogP contribution >= 0.6 is 0 Å². The summed E-state index contributed by atoms with van der Waals surface area (Å²) < 4.78 is 7.34. The highest BCUT2D eigenvalue weighted by Gasteiger charge is 2.42. The molecule has 2 fully saturated rings. The molecule has 28 heavy (non-hydrogen) atoms. The van der Waals surface area contributed by atoms with Gasteiger partial charge in [0.2, 0.25) is 11.8 Å². The summed E-state index contributed by atoms with van der Waals surface area (Å²) in [7, 11) is 1.68. The maximum atomic E-state index is 12.9. The molecule has 2 amide bonds. The van der Waals surface area contributed by atoms with Crippen molar-refractivity contribution in [2.24, 2.45) is 17.8 Å². The van der Waals surface area contributed by atoms with Crippen molar-refractivity contribution in [3.05, 3.63) is 30.1 Å². The molecule has 1 aromatic carbocycles. The van der Waals surface area contributed by atoms with Gasteiger partial charge in [0.1, 0.15) is 5.82 Å². The Morgan fingerprint density at radius 1 is 1.32 bits per heavy atom. The smallest absolute Gasteiger partial charge is 0.225 e. The van der Waals surface area contributed by atoms with Crippen LogP contribution < -0.4 is 10.6 Å². The Labute approximate surface area is 164 Å². The fourth-order valence-electron chi connectivity index (χ4n) is 4.74. The highest BCUT2D eigenvalue weighted by atomic mass is 16.5. The summed E-state index contributed by atoms with van der Waals surface area (Å²) in [5.41, 5.74) is 1.96. The van der Waals surface area contributed by atoms with Crippen LogP contribution in [0.25, 0.3) is 11.0 Å². The van der Waals surface area contributed by atoms with E-state index < -0.39 is 0 Å². The fourth-order valence-corrected chi connectivity index (χ4v) is 4.74. The van der Waals surface area contributed by atoms with Gasteiger partial charge in [-0.2, -0.15) is 0 Å². The third-order valence-electron chi connectivity index (χ3n) is 6.18. The summed E-state index contributed by atoms with van der Waals surface area (Å²) in [5.74, 6) is 0.961. The van der Waals surface area contributed by atoms with Gasteiger partial charge in [-0.3, -0.25) is 9.59 Å². The number of nitrogens with one attached hydrogen (secondary N) is 2. The maximum Gasteiger partial charge on any atom is 0.225 e. The molecule has 1 aromatic heterocycles. The van der Waals surface area contributed by atoms with E-state index >= 15 is 0 Å². The first kappa shape index (κ1) is 18.9. The number of aromatic nitrogens is 2. The third kappa shape index (κ3) is 3.63. The van der Waals surface area contributed by atoms with Gasteiger partial charge in [0, 0.05) is 26.1 Å². The minimum atomic E-state index is -0.153. The molecule has 3 atom stereocenters. The molecule has 1 aliphatic heterocycles. The average molecular weight is 384 g/mol. The van der Waals surface area contributed by atoms with Crippen molar-refractivity contribution in [3.8, 4) is 0 Å². The summed E-state index contributed by atoms with van der Waals surface area (Å²) in [5, 5.41) is 6.01. The van der Waals surface area contributed by atoms with E-state index in [0.29, 0.717) is 26.2 Å². The van der Waals surface area contributed by atoms with Crippen LogP contribution in [0.3, 0.4) is 0 Å². The lowest BCUT2D eigenvalue weighted by atomic mass is 9.69. The molecule has 7 heteroatoms. The van der Waals surface area contributed by atoms with Crippen molar-refractivity contribution in [3.63, 3.8) is 0 Å². The Kier molecular flexibility index (Phi) is 5.62. The summed E-state index contributed by atoms with van der Waals surface area (Å²) >= 11 is 0. The van der Waals surface area contributed by atoms with Gasteiger partial charge in [0.15, 0.2) is 0 Å². The summed E-state index contributed by atoms with van der Waals surface area (Å²) in [6.45, 7) is 2.08. The minimum Gasteiger partial charge on any atom is -0.383 e. The predicted molar refractivity (Wildman–Crippen MR) is 105 cm³/mol. The molecule has 0 bridgehead atoms. The average Bonchev–Trinajstić information content (AvgIpc) is 3.08. The molecular weight excluding hydrogens is 356 g/mol. The van der Waals surface area contributed by atoms with Crippen LogP contribution in [0, 0.1) is 17.8 Å². The number of benzene rings is 1. The Morgan fingerprint density at radius 2 is 2.14 bits per heavy atom. The highest BCUT2D eigenvalue weighted by Crippen LogP contribution is 2.37. The number of nitrogens with zero attached hydrogens (tertiary/aromatic N) is 2. The van der Waals surface area contributed by atoms with Gasteiger partial charge in [-0.25, -0.2) is 4.98 Å². The standard InChI is InChI=1S/C21H28N4O3/c1-28-11-10-25-18-9-5-4-8-17(18)24-19(25)13-23-21(27)16-12-22-20(26)15-7-3-2-6-14(15)16/h4-5,8-9,14-16H,2-3,6-7,10-13H2,1H3,(H,22,26)(H,23,27). The van der Waals surface area contributed by atoms with E-state index in [-0.39, 0.29) is 29.6 Å². The summed E-state index contributed by atoms with van der Waals surface area (Å²) in [4.78, 5) is 29.8. The number of methoxy groups -OCH3 is 1. The predicted octanol–water partition coefficient (Wildman–Crippen LogP) is 1.85. The van der Waals surface area contributed by atoms with Gasteiger partial charge >= 0.3 is 0 Å². The van der Waals surface area contributed by atoms with Crippen LogP contribution in [-0.2, 0) is 27.4 Å². The molecule has 2 heterocycles. The quantitative estimate of drug-likeness (QED) is 0.796. The number of amides is 2. The van der Waals surface area contributed by atoms with Gasteiger partial charge in [-0.15, -0.1) is 0 Å². The SMILES string of the molecule is COCCn1c(CNC(=O)C2CNC(=O)C3CCCCC32)nc2ccccc21. The zero-order chi connectivity index (χ0) is 19.5. The molecular formula is C21H28N4O3. The molecule has 7 nitrogen and oxygen atoms in total. The van der Waals surface area contributed by atoms with Gasteiger partial charge in [-0.05, 0) is 30.9 Å². The van der Waals surface area contributed by atoms with Crippen molar-refractivity contribution < 1.29 is 14.3 Å². The Morgan fingerprint density at radius 3 is 3.00 bits per heavy atom. The van der Waals surface area contributed by atoms with Crippen LogP contribution in [0.5, 0.6) is 0 Å². The summed E-state index contributed by atoms with van der Waals surface area (Å²) in [6, 6.07) is 7.97. The van der Waals surface area contributed by atoms with Crippen molar-refractivity contribution in [1.82, 2.24) is 20.2 Å². The molecule has 3 unspecified atom stereocenters. The molecule has 1 saturated heterocycles. The topological polar surface area (TPSA) is 85.2 Å². The lowest BCUT2D eigenvalue weighted by Crippen LogP contribution is -2.53. The van der Waals surface area contributed by atoms with Crippen LogP contribution in [0.4, 0.5) is 0 Å². The van der Waals surface area contributed by atoms with E-state index in [9.17, 15) is 9.59 Å². The Hall–Kier alpha value is -2.41. The Balaban J connectivity index is 1.48. The largest absolute Gasteiger partial charge is 0.383 e. The van der Waals surface area contributed by atoms with Gasteiger partial charge in [-0.1, -0.05) is 25.0 Å². The molecule has 1 aliphatic carbocycles. The molecule has 1 saturated carbocycles. The number of imidazole rings is 1. The van der Waals surface area contributed by atoms with Gasteiger partial charge in [0.25, 0.3) is 0 Å². The minimum absolute atomic E-state index is 0.00970. The van der Waals surface area contributed by atoms with Crippen LogP contribution in [-0.4, -0.2) is 41.6 Å².